The summed E-state index contributed by atoms with van der Waals surface area (Å²) in [5.41, 5.74) is 0.593. The van der Waals surface area contributed by atoms with E-state index in [4.69, 9.17) is 9.47 Å². The minimum absolute atomic E-state index is 0.0178. The summed E-state index contributed by atoms with van der Waals surface area (Å²) in [5, 5.41) is 0. The Balaban J connectivity index is 2.41. The number of aliphatic imine (C=N–C) groups is 1. The molecule has 0 bridgehead atoms. The molecule has 0 saturated heterocycles. The SMILES string of the molecule is COc1ccc(F)cc1/C=C1/N=C(C(C)C)OC1=O. The van der Waals surface area contributed by atoms with Crippen LogP contribution in [0.5, 0.6) is 5.75 Å². The normalized spacial score (nSPS) is 16.8. The van der Waals surface area contributed by atoms with Crippen molar-refractivity contribution in [3.63, 3.8) is 0 Å². The first-order valence-corrected chi connectivity index (χ1v) is 5.87. The number of rotatable bonds is 3. The van der Waals surface area contributed by atoms with Crippen LogP contribution in [0, 0.1) is 11.7 Å². The second kappa shape index (κ2) is 5.22. The van der Waals surface area contributed by atoms with Crippen LogP contribution in [0.4, 0.5) is 4.39 Å². The van der Waals surface area contributed by atoms with Crippen molar-refractivity contribution < 1.29 is 18.7 Å². The highest BCUT2D eigenvalue weighted by Gasteiger charge is 2.25. The van der Waals surface area contributed by atoms with Crippen molar-refractivity contribution >= 4 is 17.9 Å². The van der Waals surface area contributed by atoms with Crippen LogP contribution in [0.2, 0.25) is 0 Å². The number of carbonyl (C=O) groups excluding carboxylic acids is 1. The maximum atomic E-state index is 13.2. The number of methoxy groups -OCH3 is 1. The molecule has 0 N–H and O–H groups in total. The molecular weight excluding hydrogens is 249 g/mol. The number of benzene rings is 1. The van der Waals surface area contributed by atoms with Gasteiger partial charge in [-0.3, -0.25) is 0 Å². The lowest BCUT2D eigenvalue weighted by molar-refractivity contribution is -0.130. The van der Waals surface area contributed by atoms with Crippen LogP contribution in [0.15, 0.2) is 28.9 Å². The summed E-state index contributed by atoms with van der Waals surface area (Å²) in [5.74, 6) is -0.0899. The number of cyclic esters (lactones) is 1. The fourth-order valence-corrected chi connectivity index (χ4v) is 1.64. The minimum Gasteiger partial charge on any atom is -0.496 e. The van der Waals surface area contributed by atoms with E-state index in [1.54, 1.807) is 0 Å². The molecule has 0 aromatic heterocycles. The third kappa shape index (κ3) is 2.81. The Kier molecular flexibility index (Phi) is 3.64. The van der Waals surface area contributed by atoms with Gasteiger partial charge in [-0.2, -0.15) is 0 Å². The lowest BCUT2D eigenvalue weighted by Gasteiger charge is -2.04. The molecule has 0 saturated carbocycles. The van der Waals surface area contributed by atoms with Gasteiger partial charge in [0.05, 0.1) is 7.11 Å². The van der Waals surface area contributed by atoms with Gasteiger partial charge in [0.1, 0.15) is 11.6 Å². The number of hydrogen-bond donors (Lipinski definition) is 0. The molecule has 100 valence electrons. The summed E-state index contributed by atoms with van der Waals surface area (Å²) in [6.07, 6.45) is 1.46. The second-order valence-corrected chi connectivity index (χ2v) is 4.41. The first kappa shape index (κ1) is 13.3. The van der Waals surface area contributed by atoms with Crippen LogP contribution >= 0.6 is 0 Å². The Bertz CT molecular complexity index is 576. The van der Waals surface area contributed by atoms with Gasteiger partial charge in [-0.1, -0.05) is 13.8 Å². The standard InChI is InChI=1S/C14H14FNO3/c1-8(2)13-16-11(14(17)19-13)7-9-6-10(15)4-5-12(9)18-3/h4-8H,1-3H3/b11-7+. The van der Waals surface area contributed by atoms with Gasteiger partial charge in [-0.15, -0.1) is 0 Å². The molecule has 4 nitrogen and oxygen atoms in total. The van der Waals surface area contributed by atoms with Crippen LogP contribution in [0.25, 0.3) is 6.08 Å². The van der Waals surface area contributed by atoms with Crippen molar-refractivity contribution in [2.45, 2.75) is 13.8 Å². The Morgan fingerprint density at radius 2 is 2.16 bits per heavy atom. The highest BCUT2D eigenvalue weighted by molar-refractivity contribution is 6.07. The average molecular weight is 263 g/mol. The van der Waals surface area contributed by atoms with Crippen LogP contribution in [-0.4, -0.2) is 19.0 Å². The number of hydrogen-bond acceptors (Lipinski definition) is 4. The van der Waals surface area contributed by atoms with E-state index in [2.05, 4.69) is 4.99 Å². The third-order valence-corrected chi connectivity index (χ3v) is 2.61. The summed E-state index contributed by atoms with van der Waals surface area (Å²) < 4.78 is 23.4. The van der Waals surface area contributed by atoms with Gasteiger partial charge >= 0.3 is 5.97 Å². The van der Waals surface area contributed by atoms with E-state index in [-0.39, 0.29) is 11.6 Å². The topological polar surface area (TPSA) is 47.9 Å². The molecule has 0 radical (unpaired) electrons. The van der Waals surface area contributed by atoms with Crippen LogP contribution < -0.4 is 4.74 Å². The molecule has 0 atom stereocenters. The molecule has 0 unspecified atom stereocenters. The smallest absolute Gasteiger partial charge is 0.363 e. The minimum atomic E-state index is -0.532. The number of carbonyl (C=O) groups is 1. The first-order valence-electron chi connectivity index (χ1n) is 5.87. The van der Waals surface area contributed by atoms with Crippen molar-refractivity contribution in [1.82, 2.24) is 0 Å². The van der Waals surface area contributed by atoms with Gasteiger partial charge in [-0.25, -0.2) is 14.2 Å². The quantitative estimate of drug-likeness (QED) is 0.622. The van der Waals surface area contributed by atoms with Crippen LogP contribution in [0.1, 0.15) is 19.4 Å². The number of ether oxygens (including phenoxy) is 2. The number of esters is 1. The predicted octanol–water partition coefficient (Wildman–Crippen LogP) is 2.79. The van der Waals surface area contributed by atoms with Crippen molar-refractivity contribution in [2.75, 3.05) is 7.11 Å². The van der Waals surface area contributed by atoms with Crippen molar-refractivity contribution in [2.24, 2.45) is 10.9 Å². The molecule has 0 amide bonds. The van der Waals surface area contributed by atoms with E-state index >= 15 is 0 Å². The molecular formula is C14H14FNO3. The lowest BCUT2D eigenvalue weighted by atomic mass is 10.1. The molecule has 0 spiro atoms. The Morgan fingerprint density at radius 3 is 2.74 bits per heavy atom. The fraction of sp³-hybridized carbons (Fsp3) is 0.286. The molecule has 5 heteroatoms. The fourth-order valence-electron chi connectivity index (χ4n) is 1.64. The average Bonchev–Trinajstić information content (AvgIpc) is 2.72. The largest absolute Gasteiger partial charge is 0.496 e. The number of nitrogens with zero attached hydrogens (tertiary/aromatic N) is 1. The second-order valence-electron chi connectivity index (χ2n) is 4.41. The Labute approximate surface area is 110 Å². The third-order valence-electron chi connectivity index (χ3n) is 2.61. The van der Waals surface area contributed by atoms with Gasteiger partial charge in [-0.05, 0) is 24.3 Å². The van der Waals surface area contributed by atoms with Crippen molar-refractivity contribution in [3.8, 4) is 5.75 Å². The zero-order valence-electron chi connectivity index (χ0n) is 10.9. The predicted molar refractivity (Wildman–Crippen MR) is 69.3 cm³/mol. The summed E-state index contributed by atoms with van der Waals surface area (Å²) in [6, 6.07) is 4.06. The molecule has 19 heavy (non-hydrogen) atoms. The van der Waals surface area contributed by atoms with E-state index < -0.39 is 11.8 Å². The molecule has 0 fully saturated rings. The monoisotopic (exact) mass is 263 g/mol. The molecule has 1 aromatic rings. The molecule has 2 rings (SSSR count). The Morgan fingerprint density at radius 1 is 1.42 bits per heavy atom. The number of halogens is 1. The van der Waals surface area contributed by atoms with E-state index in [9.17, 15) is 9.18 Å². The molecule has 1 aliphatic rings. The van der Waals surface area contributed by atoms with Gasteiger partial charge < -0.3 is 9.47 Å². The first-order chi connectivity index (χ1) is 9.01. The molecule has 1 aliphatic heterocycles. The maximum absolute atomic E-state index is 13.2. The Hall–Kier alpha value is -2.17. The summed E-state index contributed by atoms with van der Waals surface area (Å²) in [4.78, 5) is 15.7. The van der Waals surface area contributed by atoms with Gasteiger partial charge in [0.25, 0.3) is 0 Å². The lowest BCUT2D eigenvalue weighted by Crippen LogP contribution is -2.09. The zero-order chi connectivity index (χ0) is 14.0. The summed E-state index contributed by atoms with van der Waals surface area (Å²) in [7, 11) is 1.48. The van der Waals surface area contributed by atoms with Crippen molar-refractivity contribution in [3.05, 3.63) is 35.3 Å². The summed E-state index contributed by atoms with van der Waals surface area (Å²) in [6.45, 7) is 3.75. The molecule has 1 aromatic carbocycles. The van der Waals surface area contributed by atoms with E-state index in [1.807, 2.05) is 13.8 Å². The van der Waals surface area contributed by atoms with Gasteiger partial charge in [0.15, 0.2) is 5.70 Å². The highest BCUT2D eigenvalue weighted by atomic mass is 19.1. The van der Waals surface area contributed by atoms with Crippen LogP contribution in [0.3, 0.4) is 0 Å². The maximum Gasteiger partial charge on any atom is 0.363 e. The summed E-state index contributed by atoms with van der Waals surface area (Å²) >= 11 is 0. The van der Waals surface area contributed by atoms with Crippen molar-refractivity contribution in [1.29, 1.82) is 0 Å². The van der Waals surface area contributed by atoms with E-state index in [1.165, 1.54) is 31.4 Å². The van der Waals surface area contributed by atoms with E-state index in [0.717, 1.165) is 0 Å². The van der Waals surface area contributed by atoms with Gasteiger partial charge in [0.2, 0.25) is 5.90 Å². The highest BCUT2D eigenvalue weighted by Crippen LogP contribution is 2.25. The zero-order valence-corrected chi connectivity index (χ0v) is 10.9. The van der Waals surface area contributed by atoms with Gasteiger partial charge in [0, 0.05) is 11.5 Å². The molecule has 0 aliphatic carbocycles. The van der Waals surface area contributed by atoms with E-state index in [0.29, 0.717) is 17.2 Å². The molecule has 1 heterocycles. The van der Waals surface area contributed by atoms with Crippen LogP contribution in [-0.2, 0) is 9.53 Å².